The largest absolute Gasteiger partial charge is 0.333 e. The number of hydrogen-bond acceptors (Lipinski definition) is 3. The first-order valence-electron chi connectivity index (χ1n) is 7.64. The molecule has 7 heteroatoms. The molecular formula is C16H20BrN3O3. The monoisotopic (exact) mass is 381 g/mol. The predicted octanol–water partition coefficient (Wildman–Crippen LogP) is 1.54. The van der Waals surface area contributed by atoms with Crippen molar-refractivity contribution in [1.82, 2.24) is 15.8 Å². The maximum absolute atomic E-state index is 11.8. The fourth-order valence-electron chi connectivity index (χ4n) is 2.39. The minimum Gasteiger partial charge on any atom is -0.333 e. The third kappa shape index (κ3) is 6.02. The molecule has 1 saturated heterocycles. The van der Waals surface area contributed by atoms with E-state index in [0.29, 0.717) is 13.0 Å². The molecule has 0 radical (unpaired) electrons. The van der Waals surface area contributed by atoms with Crippen LogP contribution in [0.15, 0.2) is 28.7 Å². The summed E-state index contributed by atoms with van der Waals surface area (Å²) in [5, 5.41) is 0. The molecule has 1 aliphatic heterocycles. The molecule has 2 rings (SSSR count). The fourth-order valence-corrected chi connectivity index (χ4v) is 2.65. The van der Waals surface area contributed by atoms with Crippen molar-refractivity contribution in [2.24, 2.45) is 0 Å². The predicted molar refractivity (Wildman–Crippen MR) is 89.2 cm³/mol. The number of nitrogens with one attached hydrogen (secondary N) is 2. The van der Waals surface area contributed by atoms with Gasteiger partial charge in [0.2, 0.25) is 11.8 Å². The van der Waals surface area contributed by atoms with Gasteiger partial charge in [0.1, 0.15) is 6.54 Å². The molecule has 2 N–H and O–H groups in total. The van der Waals surface area contributed by atoms with Crippen molar-refractivity contribution in [2.75, 3.05) is 13.1 Å². The molecule has 0 bridgehead atoms. The Bertz CT molecular complexity index is 574. The molecule has 0 aromatic heterocycles. The lowest BCUT2D eigenvalue weighted by molar-refractivity contribution is -0.136. The molecule has 1 aromatic rings. The van der Waals surface area contributed by atoms with Crippen molar-refractivity contribution in [3.63, 3.8) is 0 Å². The van der Waals surface area contributed by atoms with Crippen LogP contribution in [-0.2, 0) is 20.8 Å². The standard InChI is InChI=1S/C16H20BrN3O3/c17-13-7-5-12(6-8-13)10-14(21)18-19-15(22)11-20-9-3-1-2-4-16(20)23/h5-8H,1-4,9-11H2,(H,18,21)(H,19,22). The molecule has 6 nitrogen and oxygen atoms in total. The van der Waals surface area contributed by atoms with Gasteiger partial charge in [0.15, 0.2) is 0 Å². The van der Waals surface area contributed by atoms with E-state index in [-0.39, 0.29) is 30.7 Å². The average molecular weight is 382 g/mol. The van der Waals surface area contributed by atoms with Gasteiger partial charge in [-0.2, -0.15) is 0 Å². The van der Waals surface area contributed by atoms with Crippen LogP contribution in [0.2, 0.25) is 0 Å². The molecule has 23 heavy (non-hydrogen) atoms. The van der Waals surface area contributed by atoms with E-state index in [2.05, 4.69) is 26.8 Å². The molecule has 1 aliphatic rings. The van der Waals surface area contributed by atoms with Crippen molar-refractivity contribution in [3.05, 3.63) is 34.3 Å². The van der Waals surface area contributed by atoms with Gasteiger partial charge in [-0.05, 0) is 30.5 Å². The van der Waals surface area contributed by atoms with Crippen LogP contribution in [0, 0.1) is 0 Å². The molecule has 1 fully saturated rings. The second-order valence-corrected chi connectivity index (χ2v) is 6.44. The van der Waals surface area contributed by atoms with E-state index in [1.165, 1.54) is 0 Å². The molecule has 0 spiro atoms. The second-order valence-electron chi connectivity index (χ2n) is 5.53. The minimum atomic E-state index is -0.385. The number of likely N-dealkylation sites (tertiary alicyclic amines) is 1. The third-order valence-electron chi connectivity index (χ3n) is 3.63. The molecule has 1 aromatic carbocycles. The normalized spacial score (nSPS) is 15.0. The summed E-state index contributed by atoms with van der Waals surface area (Å²) < 4.78 is 0.942. The number of amides is 3. The molecule has 0 saturated carbocycles. The van der Waals surface area contributed by atoms with Crippen LogP contribution in [0.25, 0.3) is 0 Å². The smallest absolute Gasteiger partial charge is 0.257 e. The van der Waals surface area contributed by atoms with E-state index in [0.717, 1.165) is 29.3 Å². The number of benzene rings is 1. The Kier molecular flexibility index (Phi) is 6.58. The number of carbonyl (C=O) groups is 3. The van der Waals surface area contributed by atoms with E-state index in [1.54, 1.807) is 4.90 Å². The summed E-state index contributed by atoms with van der Waals surface area (Å²) in [6.45, 7) is 0.580. The van der Waals surface area contributed by atoms with E-state index in [1.807, 2.05) is 24.3 Å². The molecule has 0 aliphatic carbocycles. The Morgan fingerprint density at radius 2 is 1.74 bits per heavy atom. The number of rotatable bonds is 4. The number of halogens is 1. The summed E-state index contributed by atoms with van der Waals surface area (Å²) in [4.78, 5) is 37.0. The molecule has 124 valence electrons. The SMILES string of the molecule is O=C(Cc1ccc(Br)cc1)NNC(=O)CN1CCCCCC1=O. The van der Waals surface area contributed by atoms with E-state index < -0.39 is 0 Å². The van der Waals surface area contributed by atoms with Gasteiger partial charge >= 0.3 is 0 Å². The third-order valence-corrected chi connectivity index (χ3v) is 4.15. The van der Waals surface area contributed by atoms with E-state index in [4.69, 9.17) is 0 Å². The highest BCUT2D eigenvalue weighted by Crippen LogP contribution is 2.11. The van der Waals surface area contributed by atoms with Crippen molar-refractivity contribution in [3.8, 4) is 0 Å². The zero-order valence-corrected chi connectivity index (χ0v) is 14.4. The molecule has 0 atom stereocenters. The first-order chi connectivity index (χ1) is 11.0. The summed E-state index contributed by atoms with van der Waals surface area (Å²) >= 11 is 3.33. The number of carbonyl (C=O) groups excluding carboxylic acids is 3. The maximum atomic E-state index is 11.8. The summed E-state index contributed by atoms with van der Waals surface area (Å²) in [6, 6.07) is 7.38. The highest BCUT2D eigenvalue weighted by Gasteiger charge is 2.19. The minimum absolute atomic E-state index is 0.00107. The van der Waals surface area contributed by atoms with Crippen molar-refractivity contribution >= 4 is 33.7 Å². The van der Waals surface area contributed by atoms with Crippen LogP contribution in [0.1, 0.15) is 31.2 Å². The van der Waals surface area contributed by atoms with Crippen molar-refractivity contribution < 1.29 is 14.4 Å². The van der Waals surface area contributed by atoms with Crippen LogP contribution in [0.3, 0.4) is 0 Å². The lowest BCUT2D eigenvalue weighted by Gasteiger charge is -2.19. The number of nitrogens with zero attached hydrogens (tertiary/aromatic N) is 1. The van der Waals surface area contributed by atoms with E-state index in [9.17, 15) is 14.4 Å². The Hall–Kier alpha value is -1.89. The van der Waals surface area contributed by atoms with Gasteiger partial charge in [0, 0.05) is 17.4 Å². The summed E-state index contributed by atoms with van der Waals surface area (Å²) in [5.74, 6) is -0.689. The maximum Gasteiger partial charge on any atom is 0.257 e. The Labute approximate surface area is 143 Å². The highest BCUT2D eigenvalue weighted by atomic mass is 79.9. The van der Waals surface area contributed by atoms with Gasteiger partial charge in [0.25, 0.3) is 5.91 Å². The summed E-state index contributed by atoms with van der Waals surface area (Å²) in [5.41, 5.74) is 5.59. The number of hydrazine groups is 1. The van der Waals surface area contributed by atoms with Crippen LogP contribution in [0.5, 0.6) is 0 Å². The summed E-state index contributed by atoms with van der Waals surface area (Å²) in [6.07, 6.45) is 3.46. The molecular weight excluding hydrogens is 362 g/mol. The zero-order chi connectivity index (χ0) is 16.7. The lowest BCUT2D eigenvalue weighted by Crippen LogP contribution is -2.48. The second kappa shape index (κ2) is 8.67. The number of hydrogen-bond donors (Lipinski definition) is 2. The average Bonchev–Trinajstić information content (AvgIpc) is 2.73. The zero-order valence-electron chi connectivity index (χ0n) is 12.8. The van der Waals surface area contributed by atoms with Crippen molar-refractivity contribution in [1.29, 1.82) is 0 Å². The van der Waals surface area contributed by atoms with Crippen LogP contribution >= 0.6 is 15.9 Å². The van der Waals surface area contributed by atoms with Gasteiger partial charge in [-0.1, -0.05) is 34.5 Å². The molecule has 3 amide bonds. The van der Waals surface area contributed by atoms with Crippen LogP contribution < -0.4 is 10.9 Å². The van der Waals surface area contributed by atoms with Crippen LogP contribution in [-0.4, -0.2) is 35.7 Å². The fraction of sp³-hybridized carbons (Fsp3) is 0.438. The van der Waals surface area contributed by atoms with Crippen molar-refractivity contribution in [2.45, 2.75) is 32.1 Å². The van der Waals surface area contributed by atoms with E-state index >= 15 is 0 Å². The first kappa shape index (κ1) is 17.5. The Morgan fingerprint density at radius 1 is 1.04 bits per heavy atom. The van der Waals surface area contributed by atoms with Gasteiger partial charge in [-0.15, -0.1) is 0 Å². The topological polar surface area (TPSA) is 78.5 Å². The quantitative estimate of drug-likeness (QED) is 0.776. The molecule has 1 heterocycles. The Morgan fingerprint density at radius 3 is 2.48 bits per heavy atom. The van der Waals surface area contributed by atoms with Gasteiger partial charge in [-0.3, -0.25) is 25.2 Å². The van der Waals surface area contributed by atoms with Crippen LogP contribution in [0.4, 0.5) is 0 Å². The molecule has 0 unspecified atom stereocenters. The van der Waals surface area contributed by atoms with Gasteiger partial charge in [0.05, 0.1) is 6.42 Å². The van der Waals surface area contributed by atoms with Gasteiger partial charge in [-0.25, -0.2) is 0 Å². The Balaban J connectivity index is 1.73. The first-order valence-corrected chi connectivity index (χ1v) is 8.44. The highest BCUT2D eigenvalue weighted by molar-refractivity contribution is 9.10. The lowest BCUT2D eigenvalue weighted by atomic mass is 10.1. The van der Waals surface area contributed by atoms with Gasteiger partial charge < -0.3 is 4.90 Å². The summed E-state index contributed by atoms with van der Waals surface area (Å²) in [7, 11) is 0.